The van der Waals surface area contributed by atoms with Crippen molar-refractivity contribution in [1.29, 1.82) is 0 Å². The fourth-order valence-electron chi connectivity index (χ4n) is 1.31. The van der Waals surface area contributed by atoms with Gasteiger partial charge in [-0.25, -0.2) is 4.39 Å². The quantitative estimate of drug-likeness (QED) is 0.698. The van der Waals surface area contributed by atoms with Crippen molar-refractivity contribution in [1.82, 2.24) is 0 Å². The predicted molar refractivity (Wildman–Crippen MR) is 53.8 cm³/mol. The molecule has 1 aromatic rings. The molecule has 4 heteroatoms. The molecule has 0 fully saturated rings. The smallest absolute Gasteiger partial charge is 0.126 e. The first-order valence-electron chi connectivity index (χ1n) is 4.79. The zero-order chi connectivity index (χ0) is 11.4. The van der Waals surface area contributed by atoms with Crippen LogP contribution >= 0.6 is 0 Å². The third kappa shape index (κ3) is 2.99. The summed E-state index contributed by atoms with van der Waals surface area (Å²) in [6.07, 6.45) is -2.17. The lowest BCUT2D eigenvalue weighted by Crippen LogP contribution is -2.19. The fraction of sp³-hybridized carbons (Fsp3) is 0.455. The van der Waals surface area contributed by atoms with Gasteiger partial charge >= 0.3 is 0 Å². The number of aryl methyl sites for hydroxylation is 1. The van der Waals surface area contributed by atoms with Gasteiger partial charge in [0, 0.05) is 6.61 Å². The summed E-state index contributed by atoms with van der Waals surface area (Å²) in [5.74, 6) is -0.414. The largest absolute Gasteiger partial charge is 0.396 e. The van der Waals surface area contributed by atoms with E-state index in [4.69, 9.17) is 5.11 Å². The Hall–Kier alpha value is -0.970. The summed E-state index contributed by atoms with van der Waals surface area (Å²) in [7, 11) is 0. The van der Waals surface area contributed by atoms with Gasteiger partial charge < -0.3 is 15.3 Å². The molecule has 2 atom stereocenters. The molecule has 3 N–H and O–H groups in total. The SMILES string of the molecule is Cc1ccc(C(O)C(O)CCO)cc1F. The second-order valence-electron chi connectivity index (χ2n) is 3.53. The van der Waals surface area contributed by atoms with Gasteiger partial charge in [-0.1, -0.05) is 12.1 Å². The molecule has 0 aliphatic heterocycles. The van der Waals surface area contributed by atoms with Crippen LogP contribution in [0.1, 0.15) is 23.7 Å². The minimum Gasteiger partial charge on any atom is -0.396 e. The topological polar surface area (TPSA) is 60.7 Å². The van der Waals surface area contributed by atoms with Gasteiger partial charge in [-0.15, -0.1) is 0 Å². The number of aliphatic hydroxyl groups excluding tert-OH is 3. The Morgan fingerprint density at radius 1 is 1.33 bits per heavy atom. The van der Waals surface area contributed by atoms with Crippen LogP contribution < -0.4 is 0 Å². The van der Waals surface area contributed by atoms with Gasteiger partial charge in [-0.3, -0.25) is 0 Å². The molecule has 84 valence electrons. The van der Waals surface area contributed by atoms with Crippen molar-refractivity contribution in [2.75, 3.05) is 6.61 Å². The first-order chi connectivity index (χ1) is 7.06. The summed E-state index contributed by atoms with van der Waals surface area (Å²) in [4.78, 5) is 0. The summed E-state index contributed by atoms with van der Waals surface area (Å²) < 4.78 is 13.1. The van der Waals surface area contributed by atoms with Gasteiger partial charge in [0.25, 0.3) is 0 Å². The summed E-state index contributed by atoms with van der Waals surface area (Å²) in [6, 6.07) is 4.30. The predicted octanol–water partition coefficient (Wildman–Crippen LogP) is 0.911. The zero-order valence-electron chi connectivity index (χ0n) is 8.52. The highest BCUT2D eigenvalue weighted by atomic mass is 19.1. The molecule has 15 heavy (non-hydrogen) atoms. The lowest BCUT2D eigenvalue weighted by atomic mass is 10.0. The van der Waals surface area contributed by atoms with Gasteiger partial charge in [-0.05, 0) is 30.5 Å². The van der Waals surface area contributed by atoms with Gasteiger partial charge in [0.05, 0.1) is 6.10 Å². The van der Waals surface area contributed by atoms with Crippen LogP contribution in [-0.2, 0) is 0 Å². The van der Waals surface area contributed by atoms with Gasteiger partial charge in [0.2, 0.25) is 0 Å². The Kier molecular flexibility index (Phi) is 4.20. The molecule has 0 aromatic heterocycles. The van der Waals surface area contributed by atoms with E-state index in [1.807, 2.05) is 0 Å². The number of benzene rings is 1. The molecule has 0 spiro atoms. The number of rotatable bonds is 4. The van der Waals surface area contributed by atoms with Crippen LogP contribution in [0.15, 0.2) is 18.2 Å². The van der Waals surface area contributed by atoms with Crippen LogP contribution in [0.2, 0.25) is 0 Å². The highest BCUT2D eigenvalue weighted by molar-refractivity contribution is 5.25. The minimum absolute atomic E-state index is 0.0661. The van der Waals surface area contributed by atoms with Crippen LogP contribution in [0.25, 0.3) is 0 Å². The standard InChI is InChI=1S/C11H15FO3/c1-7-2-3-8(6-9(7)12)11(15)10(14)4-5-13/h2-3,6,10-11,13-15H,4-5H2,1H3. The lowest BCUT2D eigenvalue weighted by Gasteiger charge is -2.17. The van der Waals surface area contributed by atoms with Crippen molar-refractivity contribution in [2.24, 2.45) is 0 Å². The summed E-state index contributed by atoms with van der Waals surface area (Å²) in [5, 5.41) is 27.6. The van der Waals surface area contributed by atoms with E-state index in [9.17, 15) is 14.6 Å². The molecule has 2 unspecified atom stereocenters. The van der Waals surface area contributed by atoms with E-state index in [0.717, 1.165) is 0 Å². The maximum atomic E-state index is 13.1. The van der Waals surface area contributed by atoms with Crippen LogP contribution in [0.5, 0.6) is 0 Å². The Morgan fingerprint density at radius 3 is 2.53 bits per heavy atom. The first kappa shape index (κ1) is 12.1. The van der Waals surface area contributed by atoms with Gasteiger partial charge in [0.1, 0.15) is 11.9 Å². The van der Waals surface area contributed by atoms with Crippen molar-refractivity contribution in [3.8, 4) is 0 Å². The first-order valence-corrected chi connectivity index (χ1v) is 4.79. The van der Waals surface area contributed by atoms with Crippen LogP contribution in [-0.4, -0.2) is 28.0 Å². The molecular formula is C11H15FO3. The maximum Gasteiger partial charge on any atom is 0.126 e. The molecule has 0 saturated carbocycles. The Bertz CT molecular complexity index is 328. The van der Waals surface area contributed by atoms with E-state index in [0.29, 0.717) is 11.1 Å². The van der Waals surface area contributed by atoms with E-state index in [2.05, 4.69) is 0 Å². The molecule has 0 aliphatic carbocycles. The fourth-order valence-corrected chi connectivity index (χ4v) is 1.31. The Labute approximate surface area is 87.8 Å². The molecule has 0 radical (unpaired) electrons. The summed E-state index contributed by atoms with van der Waals surface area (Å²) in [6.45, 7) is 1.40. The monoisotopic (exact) mass is 214 g/mol. The third-order valence-electron chi connectivity index (χ3n) is 2.33. The molecular weight excluding hydrogens is 199 g/mol. The average molecular weight is 214 g/mol. The van der Waals surface area contributed by atoms with Gasteiger partial charge in [0.15, 0.2) is 0 Å². The molecule has 1 aromatic carbocycles. The number of hydrogen-bond donors (Lipinski definition) is 3. The summed E-state index contributed by atoms with van der Waals surface area (Å²) in [5.41, 5.74) is 0.807. The third-order valence-corrected chi connectivity index (χ3v) is 2.33. The molecule has 0 heterocycles. The second-order valence-corrected chi connectivity index (χ2v) is 3.53. The normalized spacial score (nSPS) is 15.0. The van der Waals surface area contributed by atoms with E-state index in [1.54, 1.807) is 19.1 Å². The summed E-state index contributed by atoms with van der Waals surface area (Å²) >= 11 is 0. The van der Waals surface area contributed by atoms with Crippen LogP contribution in [0.4, 0.5) is 4.39 Å². The Morgan fingerprint density at radius 2 is 2.00 bits per heavy atom. The van der Waals surface area contributed by atoms with Crippen LogP contribution in [0.3, 0.4) is 0 Å². The average Bonchev–Trinajstić information content (AvgIpc) is 2.21. The molecule has 0 aliphatic rings. The molecule has 3 nitrogen and oxygen atoms in total. The number of hydrogen-bond acceptors (Lipinski definition) is 3. The zero-order valence-corrected chi connectivity index (χ0v) is 8.52. The highest BCUT2D eigenvalue weighted by Crippen LogP contribution is 2.20. The van der Waals surface area contributed by atoms with E-state index >= 15 is 0 Å². The van der Waals surface area contributed by atoms with E-state index in [1.165, 1.54) is 6.07 Å². The molecule has 0 bridgehead atoms. The Balaban J connectivity index is 2.81. The molecule has 1 rings (SSSR count). The number of aliphatic hydroxyl groups is 3. The van der Waals surface area contributed by atoms with Crippen molar-refractivity contribution in [2.45, 2.75) is 25.6 Å². The van der Waals surface area contributed by atoms with Crippen LogP contribution in [0, 0.1) is 12.7 Å². The minimum atomic E-state index is -1.16. The van der Waals surface area contributed by atoms with Crippen molar-refractivity contribution in [3.63, 3.8) is 0 Å². The van der Waals surface area contributed by atoms with E-state index < -0.39 is 18.0 Å². The van der Waals surface area contributed by atoms with E-state index in [-0.39, 0.29) is 13.0 Å². The maximum absolute atomic E-state index is 13.1. The van der Waals surface area contributed by atoms with Gasteiger partial charge in [-0.2, -0.15) is 0 Å². The second kappa shape index (κ2) is 5.21. The molecule has 0 amide bonds. The van der Waals surface area contributed by atoms with Crippen molar-refractivity contribution >= 4 is 0 Å². The molecule has 0 saturated heterocycles. The van der Waals surface area contributed by atoms with Crippen molar-refractivity contribution in [3.05, 3.63) is 35.1 Å². The highest BCUT2D eigenvalue weighted by Gasteiger charge is 2.18. The van der Waals surface area contributed by atoms with Crippen molar-refractivity contribution < 1.29 is 19.7 Å². The number of halogens is 1. The lowest BCUT2D eigenvalue weighted by molar-refractivity contribution is 0.00407.